The largest absolute Gasteiger partial charge is 0.493 e. The molecule has 1 N–H and O–H groups in total. The van der Waals surface area contributed by atoms with Gasteiger partial charge in [-0.25, -0.2) is 4.79 Å². The van der Waals surface area contributed by atoms with Crippen molar-refractivity contribution < 1.29 is 23.8 Å². The predicted molar refractivity (Wildman–Crippen MR) is 134 cm³/mol. The van der Waals surface area contributed by atoms with Crippen molar-refractivity contribution in [1.82, 2.24) is 5.32 Å². The lowest BCUT2D eigenvalue weighted by molar-refractivity contribution is -0.136. The quantitative estimate of drug-likeness (QED) is 0.518. The van der Waals surface area contributed by atoms with Crippen molar-refractivity contribution in [3.8, 4) is 11.5 Å². The lowest BCUT2D eigenvalue weighted by atomic mass is 9.68. The average Bonchev–Trinajstić information content (AvgIpc) is 2.81. The minimum atomic E-state index is -0.554. The van der Waals surface area contributed by atoms with E-state index in [4.69, 9.17) is 25.8 Å². The molecule has 35 heavy (non-hydrogen) atoms. The Labute approximate surface area is 210 Å². The Hall–Kier alpha value is -3.25. The number of dihydropyridines is 1. The van der Waals surface area contributed by atoms with E-state index in [1.54, 1.807) is 7.11 Å². The second-order valence-corrected chi connectivity index (χ2v) is 10.2. The maximum absolute atomic E-state index is 13.4. The van der Waals surface area contributed by atoms with Gasteiger partial charge in [-0.2, -0.15) is 0 Å². The van der Waals surface area contributed by atoms with Crippen LogP contribution in [-0.4, -0.2) is 26.0 Å². The lowest BCUT2D eigenvalue weighted by Crippen LogP contribution is -2.38. The van der Waals surface area contributed by atoms with Gasteiger partial charge in [-0.15, -0.1) is 0 Å². The van der Waals surface area contributed by atoms with Crippen LogP contribution in [0.3, 0.4) is 0 Å². The number of Topliss-reactive ketones (excluding diaryl/α,β-unsaturated/α-hetero) is 1. The molecule has 0 saturated carbocycles. The molecule has 7 heteroatoms. The fourth-order valence-electron chi connectivity index (χ4n) is 4.87. The number of ketones is 1. The summed E-state index contributed by atoms with van der Waals surface area (Å²) in [5, 5.41) is 3.99. The zero-order valence-electron chi connectivity index (χ0n) is 20.7. The third-order valence-corrected chi connectivity index (χ3v) is 6.73. The lowest BCUT2D eigenvalue weighted by Gasteiger charge is -2.39. The number of hydrogen-bond donors (Lipinski definition) is 1. The minimum absolute atomic E-state index is 0.0321. The number of nitrogens with one attached hydrogen (secondary N) is 1. The normalized spacial score (nSPS) is 19.1. The van der Waals surface area contributed by atoms with Crippen LogP contribution in [0.2, 0.25) is 5.02 Å². The molecule has 0 unspecified atom stereocenters. The highest BCUT2D eigenvalue weighted by molar-refractivity contribution is 6.30. The molecule has 0 fully saturated rings. The number of halogens is 1. The first-order valence-electron chi connectivity index (χ1n) is 11.5. The molecule has 0 bridgehead atoms. The van der Waals surface area contributed by atoms with Gasteiger partial charge >= 0.3 is 5.97 Å². The molecule has 2 aromatic carbocycles. The fourth-order valence-corrected chi connectivity index (χ4v) is 5.00. The number of allylic oxidation sites excluding steroid dienone is 3. The van der Waals surface area contributed by atoms with E-state index in [1.807, 2.05) is 49.4 Å². The number of methoxy groups -OCH3 is 2. The zero-order valence-corrected chi connectivity index (χ0v) is 21.4. The van der Waals surface area contributed by atoms with Gasteiger partial charge in [0.15, 0.2) is 17.3 Å². The van der Waals surface area contributed by atoms with Gasteiger partial charge in [0.25, 0.3) is 0 Å². The molecule has 1 aliphatic carbocycles. The summed E-state index contributed by atoms with van der Waals surface area (Å²) in [4.78, 5) is 26.2. The maximum Gasteiger partial charge on any atom is 0.336 e. The van der Waals surface area contributed by atoms with Crippen LogP contribution in [-0.2, 0) is 20.9 Å². The summed E-state index contributed by atoms with van der Waals surface area (Å²) in [6.07, 6.45) is 1.13. The maximum atomic E-state index is 13.4. The van der Waals surface area contributed by atoms with Crippen LogP contribution >= 0.6 is 11.6 Å². The molecule has 0 spiro atoms. The van der Waals surface area contributed by atoms with Crippen LogP contribution < -0.4 is 14.8 Å². The van der Waals surface area contributed by atoms with Crippen LogP contribution in [0.25, 0.3) is 0 Å². The van der Waals surface area contributed by atoms with Crippen LogP contribution in [0.4, 0.5) is 0 Å². The number of hydrogen-bond acceptors (Lipinski definition) is 6. The highest BCUT2D eigenvalue weighted by Crippen LogP contribution is 2.47. The zero-order chi connectivity index (χ0) is 25.3. The number of esters is 1. The van der Waals surface area contributed by atoms with Crippen LogP contribution in [0.15, 0.2) is 65.0 Å². The molecule has 1 aliphatic heterocycles. The van der Waals surface area contributed by atoms with Crippen molar-refractivity contribution >= 4 is 23.4 Å². The first-order chi connectivity index (χ1) is 16.6. The van der Waals surface area contributed by atoms with E-state index in [9.17, 15) is 9.59 Å². The SMILES string of the molecule is COC(=O)C1=C(C)NC2=C(C(=O)CC(C)(C)C2)[C@H]1c1ccc(OCc2ccc(Cl)cc2)c(OC)c1. The summed E-state index contributed by atoms with van der Waals surface area (Å²) in [7, 11) is 2.92. The van der Waals surface area contributed by atoms with Crippen molar-refractivity contribution in [1.29, 1.82) is 0 Å². The Morgan fingerprint density at radius 2 is 1.80 bits per heavy atom. The molecule has 1 heterocycles. The molecule has 2 aliphatic rings. The Kier molecular flexibility index (Phi) is 6.95. The molecule has 6 nitrogen and oxygen atoms in total. The molecule has 2 aromatic rings. The van der Waals surface area contributed by atoms with E-state index >= 15 is 0 Å². The van der Waals surface area contributed by atoms with Crippen LogP contribution in [0.1, 0.15) is 50.7 Å². The second kappa shape index (κ2) is 9.78. The van der Waals surface area contributed by atoms with Gasteiger partial charge in [0.2, 0.25) is 0 Å². The number of carbonyl (C=O) groups is 2. The summed E-state index contributed by atoms with van der Waals surface area (Å²) in [5.41, 5.74) is 4.17. The molecule has 0 saturated heterocycles. The topological polar surface area (TPSA) is 73.9 Å². The van der Waals surface area contributed by atoms with Crippen molar-refractivity contribution in [3.63, 3.8) is 0 Å². The van der Waals surface area contributed by atoms with E-state index in [0.29, 0.717) is 46.4 Å². The van der Waals surface area contributed by atoms with Gasteiger partial charge in [-0.05, 0) is 54.2 Å². The van der Waals surface area contributed by atoms with Crippen LogP contribution in [0, 0.1) is 5.41 Å². The Bertz CT molecular complexity index is 1230. The monoisotopic (exact) mass is 495 g/mol. The van der Waals surface area contributed by atoms with E-state index < -0.39 is 11.9 Å². The third-order valence-electron chi connectivity index (χ3n) is 6.47. The number of carbonyl (C=O) groups excluding carboxylic acids is 2. The Morgan fingerprint density at radius 1 is 1.09 bits per heavy atom. The molecular formula is C28H30ClNO5. The van der Waals surface area contributed by atoms with Crippen molar-refractivity contribution in [2.24, 2.45) is 5.41 Å². The van der Waals surface area contributed by atoms with E-state index in [2.05, 4.69) is 19.2 Å². The summed E-state index contributed by atoms with van der Waals surface area (Å²) >= 11 is 5.97. The van der Waals surface area contributed by atoms with E-state index in [0.717, 1.165) is 23.2 Å². The minimum Gasteiger partial charge on any atom is -0.493 e. The Morgan fingerprint density at radius 3 is 2.46 bits per heavy atom. The van der Waals surface area contributed by atoms with Gasteiger partial charge in [-0.3, -0.25) is 4.79 Å². The highest BCUT2D eigenvalue weighted by Gasteiger charge is 2.43. The smallest absolute Gasteiger partial charge is 0.336 e. The molecular weight excluding hydrogens is 466 g/mol. The molecule has 1 atom stereocenters. The summed E-state index contributed by atoms with van der Waals surface area (Å²) in [6, 6.07) is 13.0. The third kappa shape index (κ3) is 5.08. The van der Waals surface area contributed by atoms with Gasteiger partial charge in [0.1, 0.15) is 6.61 Å². The van der Waals surface area contributed by atoms with E-state index in [-0.39, 0.29) is 11.2 Å². The molecule has 4 rings (SSSR count). The first-order valence-corrected chi connectivity index (χ1v) is 11.9. The Balaban J connectivity index is 1.73. The summed E-state index contributed by atoms with van der Waals surface area (Å²) in [6.45, 7) is 6.34. The summed E-state index contributed by atoms with van der Waals surface area (Å²) in [5.74, 6) is 0.0887. The predicted octanol–water partition coefficient (Wildman–Crippen LogP) is 5.70. The molecule has 184 valence electrons. The molecule has 0 amide bonds. The van der Waals surface area contributed by atoms with Crippen molar-refractivity contribution in [2.45, 2.75) is 46.1 Å². The van der Waals surface area contributed by atoms with E-state index in [1.165, 1.54) is 7.11 Å². The van der Waals surface area contributed by atoms with Gasteiger partial charge in [0.05, 0.1) is 19.8 Å². The van der Waals surface area contributed by atoms with Gasteiger partial charge < -0.3 is 19.5 Å². The van der Waals surface area contributed by atoms with Crippen molar-refractivity contribution in [2.75, 3.05) is 14.2 Å². The number of ether oxygens (including phenoxy) is 3. The highest BCUT2D eigenvalue weighted by atomic mass is 35.5. The fraction of sp³-hybridized carbons (Fsp3) is 0.357. The summed E-state index contributed by atoms with van der Waals surface area (Å²) < 4.78 is 16.7. The average molecular weight is 496 g/mol. The number of benzene rings is 2. The molecule has 0 aromatic heterocycles. The van der Waals surface area contributed by atoms with Crippen LogP contribution in [0.5, 0.6) is 11.5 Å². The van der Waals surface area contributed by atoms with Gasteiger partial charge in [0, 0.05) is 34.3 Å². The van der Waals surface area contributed by atoms with Crippen molar-refractivity contribution in [3.05, 3.63) is 81.2 Å². The van der Waals surface area contributed by atoms with Gasteiger partial charge in [-0.1, -0.05) is 43.6 Å². The second-order valence-electron chi connectivity index (χ2n) is 9.75. The first kappa shape index (κ1) is 24.9. The standard InChI is InChI=1S/C28H30ClNO5/c1-16-24(27(32)34-5)25(26-20(30-16)13-28(2,3)14-21(26)31)18-8-11-22(23(12-18)33-4)35-15-17-6-9-19(29)10-7-17/h6-12,25,30H,13-15H2,1-5H3/t25-/m0/s1. The molecule has 0 radical (unpaired) electrons. The number of rotatable bonds is 6.